The van der Waals surface area contributed by atoms with E-state index in [1.54, 1.807) is 11.2 Å². The highest BCUT2D eigenvalue weighted by atomic mass is 16.5. The van der Waals surface area contributed by atoms with Crippen molar-refractivity contribution in [3.05, 3.63) is 70.9 Å². The van der Waals surface area contributed by atoms with E-state index in [0.717, 1.165) is 18.4 Å². The first-order chi connectivity index (χ1) is 15.6. The average molecular weight is 448 g/mol. The van der Waals surface area contributed by atoms with Crippen molar-refractivity contribution in [2.24, 2.45) is 17.8 Å². The summed E-state index contributed by atoms with van der Waals surface area (Å²) >= 11 is 0. The number of carbonyl (C=O) groups is 2. The fourth-order valence-electron chi connectivity index (χ4n) is 5.55. The van der Waals surface area contributed by atoms with Crippen LogP contribution in [-0.4, -0.2) is 22.7 Å². The SMILES string of the molecule is CC1CC2OC3=C(C(=O)C2CC1C)C(c1ccc(C(C)(C)C)cc1)N(Cc1ccco1)C3=O. The number of hydrogen-bond acceptors (Lipinski definition) is 4. The van der Waals surface area contributed by atoms with Gasteiger partial charge >= 0.3 is 0 Å². The van der Waals surface area contributed by atoms with Crippen LogP contribution in [0.25, 0.3) is 0 Å². The van der Waals surface area contributed by atoms with E-state index >= 15 is 0 Å². The van der Waals surface area contributed by atoms with E-state index in [0.29, 0.717) is 29.7 Å². The van der Waals surface area contributed by atoms with Crippen LogP contribution in [0.3, 0.4) is 0 Å². The third-order valence-corrected chi connectivity index (χ3v) is 7.81. The Morgan fingerprint density at radius 2 is 1.70 bits per heavy atom. The number of ketones is 1. The van der Waals surface area contributed by atoms with Gasteiger partial charge in [0.1, 0.15) is 11.9 Å². The molecular weight excluding hydrogens is 414 g/mol. The molecule has 0 radical (unpaired) electrons. The summed E-state index contributed by atoms with van der Waals surface area (Å²) in [4.78, 5) is 29.2. The Morgan fingerprint density at radius 1 is 1.00 bits per heavy atom. The molecule has 1 aliphatic carbocycles. The number of Topliss-reactive ketones (excluding diaryl/α,β-unsaturated/α-hetero) is 1. The summed E-state index contributed by atoms with van der Waals surface area (Å²) in [5.74, 6) is 1.55. The van der Waals surface area contributed by atoms with Gasteiger partial charge in [0, 0.05) is 0 Å². The summed E-state index contributed by atoms with van der Waals surface area (Å²) < 4.78 is 11.9. The van der Waals surface area contributed by atoms with Crippen molar-refractivity contribution in [3.63, 3.8) is 0 Å². The number of nitrogens with zero attached hydrogens (tertiary/aromatic N) is 1. The number of rotatable bonds is 3. The van der Waals surface area contributed by atoms with Gasteiger partial charge in [-0.2, -0.15) is 0 Å². The van der Waals surface area contributed by atoms with Gasteiger partial charge in [-0.15, -0.1) is 0 Å². The standard InChI is InChI=1S/C28H33NO4/c1-16-13-21-22(14-17(16)2)33-26-23(25(21)30)24(18-8-10-19(11-9-18)28(3,4)5)29(27(26)31)15-20-7-6-12-32-20/h6-12,16-17,21-22,24H,13-15H2,1-5H3. The zero-order valence-corrected chi connectivity index (χ0v) is 20.1. The summed E-state index contributed by atoms with van der Waals surface area (Å²) in [6.45, 7) is 11.2. The molecule has 0 bridgehead atoms. The topological polar surface area (TPSA) is 59.8 Å². The van der Waals surface area contributed by atoms with Crippen LogP contribution in [0.5, 0.6) is 0 Å². The summed E-state index contributed by atoms with van der Waals surface area (Å²) in [6.07, 6.45) is 3.02. The molecule has 0 saturated heterocycles. The highest BCUT2D eigenvalue weighted by molar-refractivity contribution is 6.11. The lowest BCUT2D eigenvalue weighted by atomic mass is 9.70. The molecule has 3 aliphatic rings. The van der Waals surface area contributed by atoms with E-state index < -0.39 is 6.04 Å². The molecule has 33 heavy (non-hydrogen) atoms. The lowest BCUT2D eigenvalue weighted by Gasteiger charge is -2.40. The van der Waals surface area contributed by atoms with Crippen molar-refractivity contribution in [1.29, 1.82) is 0 Å². The van der Waals surface area contributed by atoms with Crippen molar-refractivity contribution in [2.75, 3.05) is 0 Å². The molecule has 3 heterocycles. The van der Waals surface area contributed by atoms with Gasteiger partial charge in [-0.3, -0.25) is 9.59 Å². The number of benzene rings is 1. The summed E-state index contributed by atoms with van der Waals surface area (Å²) in [5.41, 5.74) is 2.69. The smallest absolute Gasteiger partial charge is 0.290 e. The fraction of sp³-hybridized carbons (Fsp3) is 0.500. The van der Waals surface area contributed by atoms with Crippen molar-refractivity contribution in [2.45, 2.75) is 71.6 Å². The minimum absolute atomic E-state index is 0.0221. The molecule has 174 valence electrons. The van der Waals surface area contributed by atoms with E-state index in [1.807, 2.05) is 12.1 Å². The van der Waals surface area contributed by atoms with Crippen LogP contribution in [0.15, 0.2) is 58.4 Å². The van der Waals surface area contributed by atoms with Crippen LogP contribution in [0, 0.1) is 17.8 Å². The van der Waals surface area contributed by atoms with E-state index in [2.05, 4.69) is 58.9 Å². The molecule has 1 amide bonds. The second kappa shape index (κ2) is 7.89. The van der Waals surface area contributed by atoms with Crippen LogP contribution < -0.4 is 0 Å². The lowest BCUT2D eigenvalue weighted by molar-refractivity contribution is -0.137. The van der Waals surface area contributed by atoms with E-state index in [4.69, 9.17) is 9.15 Å². The second-order valence-corrected chi connectivity index (χ2v) is 11.1. The Bertz CT molecular complexity index is 1090. The number of hydrogen-bond donors (Lipinski definition) is 0. The predicted molar refractivity (Wildman–Crippen MR) is 125 cm³/mol. The maximum absolute atomic E-state index is 13.9. The maximum Gasteiger partial charge on any atom is 0.290 e. The Labute approximate surface area is 195 Å². The molecule has 1 aromatic heterocycles. The van der Waals surface area contributed by atoms with E-state index in [-0.39, 0.29) is 34.9 Å². The largest absolute Gasteiger partial charge is 0.483 e. The number of fused-ring (bicyclic) bond motifs is 1. The normalized spacial score (nSPS) is 29.7. The molecule has 2 aliphatic heterocycles. The molecule has 1 fully saturated rings. The molecule has 1 aromatic carbocycles. The predicted octanol–water partition coefficient (Wildman–Crippen LogP) is 5.56. The van der Waals surface area contributed by atoms with E-state index in [9.17, 15) is 9.59 Å². The first-order valence-corrected chi connectivity index (χ1v) is 12.0. The molecule has 5 nitrogen and oxygen atoms in total. The number of ether oxygens (including phenoxy) is 1. The monoisotopic (exact) mass is 447 g/mol. The molecule has 0 N–H and O–H groups in total. The molecule has 5 atom stereocenters. The van der Waals surface area contributed by atoms with Gasteiger partial charge < -0.3 is 14.1 Å². The fourth-order valence-corrected chi connectivity index (χ4v) is 5.55. The number of amides is 1. The highest BCUT2D eigenvalue weighted by Crippen LogP contribution is 2.49. The Hall–Kier alpha value is -2.82. The van der Waals surface area contributed by atoms with Gasteiger partial charge in [0.2, 0.25) is 0 Å². The number of furan rings is 1. The van der Waals surface area contributed by atoms with Gasteiger partial charge in [-0.1, -0.05) is 58.9 Å². The van der Waals surface area contributed by atoms with Crippen LogP contribution >= 0.6 is 0 Å². The van der Waals surface area contributed by atoms with Gasteiger partial charge in [0.15, 0.2) is 11.5 Å². The first kappa shape index (κ1) is 22.0. The molecule has 5 rings (SSSR count). The van der Waals surface area contributed by atoms with E-state index in [1.165, 1.54) is 5.56 Å². The minimum atomic E-state index is -0.463. The van der Waals surface area contributed by atoms with Gasteiger partial charge in [0.25, 0.3) is 5.91 Å². The van der Waals surface area contributed by atoms with Crippen molar-refractivity contribution < 1.29 is 18.7 Å². The third-order valence-electron chi connectivity index (χ3n) is 7.81. The molecular formula is C28H33NO4. The van der Waals surface area contributed by atoms with Crippen molar-refractivity contribution >= 4 is 11.7 Å². The maximum atomic E-state index is 13.9. The summed E-state index contributed by atoms with van der Waals surface area (Å²) in [6, 6.07) is 11.5. The Kier molecular flexibility index (Phi) is 5.26. The molecule has 2 aromatic rings. The van der Waals surface area contributed by atoms with Crippen molar-refractivity contribution in [1.82, 2.24) is 4.90 Å². The summed E-state index contributed by atoms with van der Waals surface area (Å²) in [5, 5.41) is 0. The average Bonchev–Trinajstić information content (AvgIpc) is 3.37. The first-order valence-electron chi connectivity index (χ1n) is 12.0. The van der Waals surface area contributed by atoms with Gasteiger partial charge in [0.05, 0.1) is 30.3 Å². The molecule has 5 heteroatoms. The molecule has 1 saturated carbocycles. The van der Waals surface area contributed by atoms with Crippen LogP contribution in [0.4, 0.5) is 0 Å². The lowest BCUT2D eigenvalue weighted by Crippen LogP contribution is -2.43. The molecule has 5 unspecified atom stereocenters. The minimum Gasteiger partial charge on any atom is -0.483 e. The third kappa shape index (κ3) is 3.71. The van der Waals surface area contributed by atoms with Crippen LogP contribution in [0.2, 0.25) is 0 Å². The number of carbonyl (C=O) groups excluding carboxylic acids is 2. The van der Waals surface area contributed by atoms with Crippen molar-refractivity contribution in [3.8, 4) is 0 Å². The van der Waals surface area contributed by atoms with Gasteiger partial charge in [-0.25, -0.2) is 0 Å². The summed E-state index contributed by atoms with van der Waals surface area (Å²) in [7, 11) is 0. The van der Waals surface area contributed by atoms with Gasteiger partial charge in [-0.05, 0) is 53.4 Å². The highest BCUT2D eigenvalue weighted by Gasteiger charge is 2.53. The van der Waals surface area contributed by atoms with Crippen LogP contribution in [-0.2, 0) is 26.3 Å². The Morgan fingerprint density at radius 3 is 2.33 bits per heavy atom. The van der Waals surface area contributed by atoms with Crippen LogP contribution in [0.1, 0.15) is 70.4 Å². The molecule has 0 spiro atoms. The quantitative estimate of drug-likeness (QED) is 0.618. The zero-order valence-electron chi connectivity index (χ0n) is 20.1. The second-order valence-electron chi connectivity index (χ2n) is 11.1. The zero-order chi connectivity index (χ0) is 23.5. The Balaban J connectivity index is 1.57.